The van der Waals surface area contributed by atoms with Crippen LogP contribution < -0.4 is 10.9 Å². The summed E-state index contributed by atoms with van der Waals surface area (Å²) in [6.45, 7) is 0.429. The highest BCUT2D eigenvalue weighted by molar-refractivity contribution is 6.30. The molecule has 1 N–H and O–H groups in total. The van der Waals surface area contributed by atoms with Gasteiger partial charge in [-0.05, 0) is 37.5 Å². The molecule has 23 heavy (non-hydrogen) atoms. The highest BCUT2D eigenvalue weighted by atomic mass is 35.5. The average Bonchev–Trinajstić information content (AvgIpc) is 3.34. The fraction of sp³-hybridized carbons (Fsp3) is 0.353. The number of amides is 1. The minimum Gasteiger partial charge on any atom is -0.353 e. The van der Waals surface area contributed by atoms with Crippen molar-refractivity contribution >= 4 is 17.5 Å². The number of halogens is 1. The van der Waals surface area contributed by atoms with Crippen LogP contribution in [0.3, 0.4) is 0 Å². The van der Waals surface area contributed by atoms with Gasteiger partial charge in [-0.2, -0.15) is 5.10 Å². The topological polar surface area (TPSA) is 64.0 Å². The Morgan fingerprint density at radius 1 is 1.22 bits per heavy atom. The molecule has 1 saturated carbocycles. The Kier molecular flexibility index (Phi) is 4.76. The van der Waals surface area contributed by atoms with Crippen molar-refractivity contribution in [1.82, 2.24) is 15.1 Å². The first-order valence-electron chi connectivity index (χ1n) is 7.75. The fourth-order valence-electron chi connectivity index (χ4n) is 2.30. The Hall–Kier alpha value is -2.14. The van der Waals surface area contributed by atoms with Gasteiger partial charge in [0.15, 0.2) is 0 Å². The van der Waals surface area contributed by atoms with Gasteiger partial charge in [-0.15, -0.1) is 0 Å². The summed E-state index contributed by atoms with van der Waals surface area (Å²) >= 11 is 5.88. The molecule has 0 unspecified atom stereocenters. The van der Waals surface area contributed by atoms with E-state index in [1.807, 2.05) is 12.1 Å². The van der Waals surface area contributed by atoms with Gasteiger partial charge in [0.2, 0.25) is 5.91 Å². The Bertz CT molecular complexity index is 751. The minimum atomic E-state index is -0.162. The molecule has 1 aromatic carbocycles. The molecule has 0 bridgehead atoms. The first kappa shape index (κ1) is 15.7. The van der Waals surface area contributed by atoms with Gasteiger partial charge in [0.05, 0.1) is 5.69 Å². The molecule has 120 valence electrons. The van der Waals surface area contributed by atoms with Gasteiger partial charge < -0.3 is 5.32 Å². The fourth-order valence-corrected chi connectivity index (χ4v) is 2.43. The van der Waals surface area contributed by atoms with Gasteiger partial charge in [-0.3, -0.25) is 9.59 Å². The number of aromatic nitrogens is 2. The van der Waals surface area contributed by atoms with Crippen molar-refractivity contribution < 1.29 is 4.79 Å². The van der Waals surface area contributed by atoms with Gasteiger partial charge in [0.1, 0.15) is 0 Å². The van der Waals surface area contributed by atoms with Crippen LogP contribution >= 0.6 is 11.6 Å². The zero-order valence-electron chi connectivity index (χ0n) is 12.7. The second kappa shape index (κ2) is 6.96. The molecule has 1 aromatic heterocycles. The predicted octanol–water partition coefficient (Wildman–Crippen LogP) is 2.62. The number of benzene rings is 1. The van der Waals surface area contributed by atoms with Gasteiger partial charge in [-0.25, -0.2) is 4.68 Å². The van der Waals surface area contributed by atoms with E-state index in [9.17, 15) is 9.59 Å². The zero-order valence-corrected chi connectivity index (χ0v) is 13.4. The Morgan fingerprint density at radius 2 is 1.96 bits per heavy atom. The van der Waals surface area contributed by atoms with Crippen LogP contribution in [0, 0.1) is 0 Å². The first-order valence-corrected chi connectivity index (χ1v) is 8.13. The molecule has 0 saturated heterocycles. The average molecular weight is 332 g/mol. The third-order valence-corrected chi connectivity index (χ3v) is 3.97. The molecule has 1 aliphatic rings. The van der Waals surface area contributed by atoms with E-state index in [0.29, 0.717) is 36.1 Å². The smallest absolute Gasteiger partial charge is 0.266 e. The largest absolute Gasteiger partial charge is 0.353 e. The van der Waals surface area contributed by atoms with E-state index in [-0.39, 0.29) is 11.5 Å². The molecule has 2 aromatic rings. The van der Waals surface area contributed by atoms with Crippen molar-refractivity contribution in [1.29, 1.82) is 0 Å². The number of rotatable bonds is 6. The summed E-state index contributed by atoms with van der Waals surface area (Å²) < 4.78 is 1.41. The minimum absolute atomic E-state index is 0.0504. The molecular formula is C17H18ClN3O2. The van der Waals surface area contributed by atoms with Gasteiger partial charge >= 0.3 is 0 Å². The van der Waals surface area contributed by atoms with Crippen molar-refractivity contribution in [3.8, 4) is 11.3 Å². The third kappa shape index (κ3) is 4.42. The highest BCUT2D eigenvalue weighted by Crippen LogP contribution is 2.19. The molecular weight excluding hydrogens is 314 g/mol. The van der Waals surface area contributed by atoms with E-state index in [2.05, 4.69) is 10.4 Å². The Balaban J connectivity index is 1.64. The standard InChI is InChI=1S/C17H18ClN3O2/c18-13-5-3-12(4-6-13)15-9-10-17(23)21(20-15)11-1-2-16(22)19-14-7-8-14/h3-6,9-10,14H,1-2,7-8,11H2,(H,19,22). The van der Waals surface area contributed by atoms with Crippen molar-refractivity contribution in [2.45, 2.75) is 38.3 Å². The van der Waals surface area contributed by atoms with Crippen LogP contribution in [-0.4, -0.2) is 21.7 Å². The molecule has 5 nitrogen and oxygen atoms in total. The van der Waals surface area contributed by atoms with Crippen LogP contribution in [0.5, 0.6) is 0 Å². The van der Waals surface area contributed by atoms with Crippen molar-refractivity contribution in [2.75, 3.05) is 0 Å². The second-order valence-electron chi connectivity index (χ2n) is 5.73. The van der Waals surface area contributed by atoms with Crippen molar-refractivity contribution in [3.63, 3.8) is 0 Å². The van der Waals surface area contributed by atoms with E-state index in [4.69, 9.17) is 11.6 Å². The van der Waals surface area contributed by atoms with Gasteiger partial charge in [-0.1, -0.05) is 23.7 Å². The maximum atomic E-state index is 11.9. The number of nitrogens with one attached hydrogen (secondary N) is 1. The Labute approximate surface area is 139 Å². The van der Waals surface area contributed by atoms with Gasteiger partial charge in [0.25, 0.3) is 5.56 Å². The number of hydrogen-bond acceptors (Lipinski definition) is 3. The molecule has 1 amide bonds. The van der Waals surface area contributed by atoms with E-state index < -0.39 is 0 Å². The third-order valence-electron chi connectivity index (χ3n) is 3.72. The summed E-state index contributed by atoms with van der Waals surface area (Å²) in [6, 6.07) is 10.9. The molecule has 3 rings (SSSR count). The lowest BCUT2D eigenvalue weighted by atomic mass is 10.1. The van der Waals surface area contributed by atoms with Crippen LogP contribution in [0.2, 0.25) is 5.02 Å². The summed E-state index contributed by atoms with van der Waals surface area (Å²) in [7, 11) is 0. The highest BCUT2D eigenvalue weighted by Gasteiger charge is 2.22. The SMILES string of the molecule is O=C(CCCn1nc(-c2ccc(Cl)cc2)ccc1=O)NC1CC1. The second-order valence-corrected chi connectivity index (χ2v) is 6.17. The lowest BCUT2D eigenvalue weighted by molar-refractivity contribution is -0.121. The molecule has 0 atom stereocenters. The maximum Gasteiger partial charge on any atom is 0.266 e. The van der Waals surface area contributed by atoms with Crippen LogP contribution in [0.15, 0.2) is 41.2 Å². The van der Waals surface area contributed by atoms with Crippen LogP contribution in [0.25, 0.3) is 11.3 Å². The van der Waals surface area contributed by atoms with E-state index in [0.717, 1.165) is 18.4 Å². The molecule has 1 fully saturated rings. The quantitative estimate of drug-likeness (QED) is 0.885. The summed E-state index contributed by atoms with van der Waals surface area (Å²) in [5.41, 5.74) is 1.45. The molecule has 6 heteroatoms. The maximum absolute atomic E-state index is 11.9. The molecule has 0 aliphatic heterocycles. The number of hydrogen-bond donors (Lipinski definition) is 1. The lowest BCUT2D eigenvalue weighted by Gasteiger charge is -2.07. The van der Waals surface area contributed by atoms with Crippen molar-refractivity contribution in [3.05, 3.63) is 51.8 Å². The zero-order chi connectivity index (χ0) is 16.2. The summed E-state index contributed by atoms with van der Waals surface area (Å²) in [4.78, 5) is 23.6. The predicted molar refractivity (Wildman–Crippen MR) is 89.3 cm³/mol. The van der Waals surface area contributed by atoms with Crippen molar-refractivity contribution in [2.24, 2.45) is 0 Å². The molecule has 0 radical (unpaired) electrons. The van der Waals surface area contributed by atoms with Crippen LogP contribution in [-0.2, 0) is 11.3 Å². The van der Waals surface area contributed by atoms with E-state index >= 15 is 0 Å². The van der Waals surface area contributed by atoms with Gasteiger partial charge in [0, 0.05) is 35.7 Å². The molecule has 0 spiro atoms. The normalized spacial score (nSPS) is 13.8. The van der Waals surface area contributed by atoms with Crippen LogP contribution in [0.1, 0.15) is 25.7 Å². The number of carbonyl (C=O) groups is 1. The first-order chi connectivity index (χ1) is 11.1. The number of carbonyl (C=O) groups excluding carboxylic acids is 1. The Morgan fingerprint density at radius 3 is 2.65 bits per heavy atom. The monoisotopic (exact) mass is 331 g/mol. The van der Waals surface area contributed by atoms with E-state index in [1.165, 1.54) is 10.7 Å². The summed E-state index contributed by atoms with van der Waals surface area (Å²) in [6.07, 6.45) is 3.16. The molecule has 1 heterocycles. The van der Waals surface area contributed by atoms with Crippen LogP contribution in [0.4, 0.5) is 0 Å². The van der Waals surface area contributed by atoms with E-state index in [1.54, 1.807) is 18.2 Å². The summed E-state index contributed by atoms with van der Waals surface area (Å²) in [5, 5.41) is 7.97. The number of nitrogens with zero attached hydrogens (tertiary/aromatic N) is 2. The summed E-state index contributed by atoms with van der Waals surface area (Å²) in [5.74, 6) is 0.0504. The molecule has 1 aliphatic carbocycles. The number of aryl methyl sites for hydroxylation is 1. The lowest BCUT2D eigenvalue weighted by Crippen LogP contribution is -2.27.